The predicted octanol–water partition coefficient (Wildman–Crippen LogP) is 1.15. The van der Waals surface area contributed by atoms with Crippen LogP contribution in [0.3, 0.4) is 0 Å². The van der Waals surface area contributed by atoms with Crippen molar-refractivity contribution in [1.82, 2.24) is 4.90 Å². The number of likely N-dealkylation sites (N-methyl/N-ethyl adjacent to an activating group) is 1. The fourth-order valence-electron chi connectivity index (χ4n) is 2.05. The maximum atomic E-state index is 12.4. The number of halogens is 3. The minimum absolute atomic E-state index is 0.0766. The molecule has 0 aliphatic heterocycles. The van der Waals surface area contributed by atoms with Crippen molar-refractivity contribution in [2.24, 2.45) is 11.7 Å². The molecule has 0 heterocycles. The molecular weight excluding hydrogens is 249 g/mol. The number of ether oxygens (including phenoxy) is 1. The summed E-state index contributed by atoms with van der Waals surface area (Å²) in [5.41, 5.74) is 4.65. The highest BCUT2D eigenvalue weighted by Gasteiger charge is 2.50. The molecule has 7 heteroatoms. The molecule has 0 radical (unpaired) electrons. The van der Waals surface area contributed by atoms with Crippen LogP contribution in [-0.2, 0) is 9.53 Å². The molecule has 1 aliphatic carbocycles. The van der Waals surface area contributed by atoms with Crippen molar-refractivity contribution in [3.63, 3.8) is 0 Å². The van der Waals surface area contributed by atoms with E-state index in [9.17, 15) is 18.0 Å². The van der Waals surface area contributed by atoms with Crippen LogP contribution in [0.5, 0.6) is 0 Å². The molecule has 1 saturated carbocycles. The molecule has 1 fully saturated rings. The monoisotopic (exact) mass is 268 g/mol. The van der Waals surface area contributed by atoms with E-state index < -0.39 is 24.2 Å². The average Bonchev–Trinajstić information content (AvgIpc) is 3.08. The molecule has 1 rings (SSSR count). The van der Waals surface area contributed by atoms with Crippen LogP contribution in [0, 0.1) is 5.92 Å². The van der Waals surface area contributed by atoms with E-state index in [1.165, 1.54) is 7.11 Å². The van der Waals surface area contributed by atoms with Crippen LogP contribution >= 0.6 is 0 Å². The van der Waals surface area contributed by atoms with Gasteiger partial charge >= 0.3 is 12.1 Å². The molecule has 106 valence electrons. The Morgan fingerprint density at radius 2 is 1.94 bits per heavy atom. The minimum atomic E-state index is -4.30. The largest absolute Gasteiger partial charge is 0.468 e. The van der Waals surface area contributed by atoms with Crippen LogP contribution in [0.2, 0.25) is 0 Å². The normalized spacial score (nSPS) is 19.7. The maximum absolute atomic E-state index is 12.4. The molecule has 0 aromatic rings. The van der Waals surface area contributed by atoms with Gasteiger partial charge < -0.3 is 10.5 Å². The first-order valence-electron chi connectivity index (χ1n) is 5.89. The van der Waals surface area contributed by atoms with Gasteiger partial charge in [-0.3, -0.25) is 9.69 Å². The average molecular weight is 268 g/mol. The van der Waals surface area contributed by atoms with E-state index in [4.69, 9.17) is 5.73 Å². The SMILES string of the molecule is CCN(CC(F)(F)F)CC(N)(C(=O)OC)C1CC1. The van der Waals surface area contributed by atoms with Gasteiger partial charge in [0.15, 0.2) is 0 Å². The summed E-state index contributed by atoms with van der Waals surface area (Å²) in [4.78, 5) is 12.8. The van der Waals surface area contributed by atoms with Crippen LogP contribution in [0.15, 0.2) is 0 Å². The maximum Gasteiger partial charge on any atom is 0.401 e. The third kappa shape index (κ3) is 3.84. The number of hydrogen-bond donors (Lipinski definition) is 1. The number of methoxy groups -OCH3 is 1. The number of rotatable bonds is 6. The van der Waals surface area contributed by atoms with Crippen LogP contribution in [0.4, 0.5) is 13.2 Å². The Labute approximate surface area is 104 Å². The Bertz CT molecular complexity index is 305. The topological polar surface area (TPSA) is 55.6 Å². The summed E-state index contributed by atoms with van der Waals surface area (Å²) in [6.07, 6.45) is -2.78. The van der Waals surface area contributed by atoms with Crippen LogP contribution in [0.1, 0.15) is 19.8 Å². The Morgan fingerprint density at radius 1 is 1.39 bits per heavy atom. The molecule has 0 amide bonds. The predicted molar refractivity (Wildman–Crippen MR) is 59.8 cm³/mol. The minimum Gasteiger partial charge on any atom is -0.468 e. The van der Waals surface area contributed by atoms with Crippen molar-refractivity contribution in [2.45, 2.75) is 31.5 Å². The number of nitrogens with two attached hydrogens (primary N) is 1. The number of hydrogen-bond acceptors (Lipinski definition) is 4. The van der Waals surface area contributed by atoms with Crippen molar-refractivity contribution in [2.75, 3.05) is 26.7 Å². The highest BCUT2D eigenvalue weighted by molar-refractivity contribution is 5.81. The fourth-order valence-corrected chi connectivity index (χ4v) is 2.05. The molecule has 1 aliphatic rings. The van der Waals surface area contributed by atoms with Gasteiger partial charge in [-0.25, -0.2) is 0 Å². The molecule has 0 spiro atoms. The number of carbonyl (C=O) groups is 1. The van der Waals surface area contributed by atoms with Crippen molar-refractivity contribution in [3.8, 4) is 0 Å². The third-order valence-electron chi connectivity index (χ3n) is 3.21. The molecule has 0 saturated heterocycles. The van der Waals surface area contributed by atoms with Crippen LogP contribution in [-0.4, -0.2) is 49.3 Å². The molecule has 18 heavy (non-hydrogen) atoms. The molecular formula is C11H19F3N2O2. The molecule has 1 atom stereocenters. The van der Waals surface area contributed by atoms with E-state index in [1.54, 1.807) is 6.92 Å². The van der Waals surface area contributed by atoms with Gasteiger partial charge in [0.1, 0.15) is 5.54 Å². The smallest absolute Gasteiger partial charge is 0.401 e. The van der Waals surface area contributed by atoms with Gasteiger partial charge in [0.2, 0.25) is 0 Å². The molecule has 1 unspecified atom stereocenters. The number of esters is 1. The summed E-state index contributed by atoms with van der Waals surface area (Å²) in [6, 6.07) is 0. The Balaban J connectivity index is 2.72. The van der Waals surface area contributed by atoms with Gasteiger partial charge in [0.25, 0.3) is 0 Å². The summed E-state index contributed by atoms with van der Waals surface area (Å²) >= 11 is 0. The molecule has 2 N–H and O–H groups in total. The van der Waals surface area contributed by atoms with Gasteiger partial charge in [-0.15, -0.1) is 0 Å². The van der Waals surface area contributed by atoms with Gasteiger partial charge in [0, 0.05) is 6.54 Å². The van der Waals surface area contributed by atoms with Gasteiger partial charge in [-0.05, 0) is 25.3 Å². The second kappa shape index (κ2) is 5.44. The second-order valence-electron chi connectivity index (χ2n) is 4.72. The molecule has 0 bridgehead atoms. The lowest BCUT2D eigenvalue weighted by atomic mass is 9.93. The quantitative estimate of drug-likeness (QED) is 0.734. The van der Waals surface area contributed by atoms with E-state index in [0.29, 0.717) is 0 Å². The zero-order valence-corrected chi connectivity index (χ0v) is 10.6. The summed E-state index contributed by atoms with van der Waals surface area (Å²) in [7, 11) is 1.20. The van der Waals surface area contributed by atoms with Crippen LogP contribution < -0.4 is 5.73 Å². The molecule has 4 nitrogen and oxygen atoms in total. The number of nitrogens with zero attached hydrogens (tertiary/aromatic N) is 1. The van der Waals surface area contributed by atoms with Crippen molar-refractivity contribution >= 4 is 5.97 Å². The third-order valence-corrected chi connectivity index (χ3v) is 3.21. The first-order chi connectivity index (χ1) is 8.23. The lowest BCUT2D eigenvalue weighted by Crippen LogP contribution is -2.59. The van der Waals surface area contributed by atoms with Crippen molar-refractivity contribution in [1.29, 1.82) is 0 Å². The van der Waals surface area contributed by atoms with E-state index >= 15 is 0 Å². The Kier molecular flexibility index (Phi) is 4.61. The summed E-state index contributed by atoms with van der Waals surface area (Å²) in [5, 5.41) is 0. The fraction of sp³-hybridized carbons (Fsp3) is 0.909. The first-order valence-corrected chi connectivity index (χ1v) is 5.89. The lowest BCUT2D eigenvalue weighted by Gasteiger charge is -2.33. The summed E-state index contributed by atoms with van der Waals surface area (Å²) < 4.78 is 41.7. The van der Waals surface area contributed by atoms with E-state index in [2.05, 4.69) is 4.74 Å². The number of alkyl halides is 3. The zero-order valence-electron chi connectivity index (χ0n) is 10.6. The highest BCUT2D eigenvalue weighted by Crippen LogP contribution is 2.39. The number of carbonyl (C=O) groups excluding carboxylic acids is 1. The van der Waals surface area contributed by atoms with Gasteiger partial charge in [0.05, 0.1) is 13.7 Å². The molecule has 0 aromatic carbocycles. The van der Waals surface area contributed by atoms with E-state index in [0.717, 1.165) is 17.7 Å². The molecule has 0 aromatic heterocycles. The van der Waals surface area contributed by atoms with Crippen molar-refractivity contribution < 1.29 is 22.7 Å². The van der Waals surface area contributed by atoms with Gasteiger partial charge in [-0.2, -0.15) is 13.2 Å². The summed E-state index contributed by atoms with van der Waals surface area (Å²) in [6.45, 7) is 0.602. The van der Waals surface area contributed by atoms with Crippen molar-refractivity contribution in [3.05, 3.63) is 0 Å². The first kappa shape index (κ1) is 15.2. The van der Waals surface area contributed by atoms with Crippen LogP contribution in [0.25, 0.3) is 0 Å². The van der Waals surface area contributed by atoms with E-state index in [-0.39, 0.29) is 19.0 Å². The lowest BCUT2D eigenvalue weighted by molar-refractivity contribution is -0.157. The highest BCUT2D eigenvalue weighted by atomic mass is 19.4. The Morgan fingerprint density at radius 3 is 2.28 bits per heavy atom. The zero-order chi connectivity index (χ0) is 14.0. The van der Waals surface area contributed by atoms with E-state index in [1.807, 2.05) is 0 Å². The summed E-state index contributed by atoms with van der Waals surface area (Å²) in [5.74, 6) is -0.710. The second-order valence-corrected chi connectivity index (χ2v) is 4.72. The standard InChI is InChI=1S/C11H19F3N2O2/c1-3-16(7-11(12,13)14)6-10(15,8-4-5-8)9(17)18-2/h8H,3-7,15H2,1-2H3. The van der Waals surface area contributed by atoms with Gasteiger partial charge in [-0.1, -0.05) is 6.92 Å². The Hall–Kier alpha value is -0.820.